The summed E-state index contributed by atoms with van der Waals surface area (Å²) in [6.45, 7) is 0. The third-order valence-corrected chi connectivity index (χ3v) is 6.19. The quantitative estimate of drug-likeness (QED) is 0.902. The van der Waals surface area contributed by atoms with Crippen LogP contribution in [0.2, 0.25) is 0 Å². The van der Waals surface area contributed by atoms with Gasteiger partial charge in [0.15, 0.2) is 9.84 Å². The molecule has 1 atom stereocenters. The van der Waals surface area contributed by atoms with Crippen molar-refractivity contribution < 1.29 is 25.6 Å². The van der Waals surface area contributed by atoms with Gasteiger partial charge in [-0.3, -0.25) is 0 Å². The molecule has 9 heteroatoms. The Kier molecular flexibility index (Phi) is 4.01. The SMILES string of the molecule is O=S1(=O)CC[C@@H](Nc2ccc(S(=O)(=O)C(F)F)cc2)C1. The lowest BCUT2D eigenvalue weighted by Crippen LogP contribution is -2.20. The fraction of sp³-hybridized carbons (Fsp3) is 0.455. The van der Waals surface area contributed by atoms with E-state index in [0.29, 0.717) is 12.1 Å². The first-order chi connectivity index (χ1) is 9.21. The molecule has 1 aliphatic rings. The van der Waals surface area contributed by atoms with Crippen LogP contribution >= 0.6 is 0 Å². The first kappa shape index (κ1) is 15.2. The van der Waals surface area contributed by atoms with E-state index < -0.39 is 30.3 Å². The molecule has 20 heavy (non-hydrogen) atoms. The Hall–Kier alpha value is -1.22. The normalized spacial score (nSPS) is 22.1. The summed E-state index contributed by atoms with van der Waals surface area (Å²) in [7, 11) is -7.61. The van der Waals surface area contributed by atoms with Crippen LogP contribution in [0, 0.1) is 0 Å². The molecule has 1 aliphatic heterocycles. The van der Waals surface area contributed by atoms with Crippen molar-refractivity contribution in [3.8, 4) is 0 Å². The Morgan fingerprint density at radius 1 is 1.20 bits per heavy atom. The van der Waals surface area contributed by atoms with E-state index in [0.717, 1.165) is 12.1 Å². The van der Waals surface area contributed by atoms with Gasteiger partial charge in [-0.1, -0.05) is 0 Å². The maximum absolute atomic E-state index is 12.3. The molecule has 1 aromatic rings. The number of anilines is 1. The summed E-state index contributed by atoms with van der Waals surface area (Å²) < 4.78 is 69.7. The van der Waals surface area contributed by atoms with Crippen LogP contribution in [0.15, 0.2) is 29.2 Å². The average Bonchev–Trinajstić information content (AvgIpc) is 2.69. The summed E-state index contributed by atoms with van der Waals surface area (Å²) in [5.74, 6) is -3.33. The predicted molar refractivity (Wildman–Crippen MR) is 70.3 cm³/mol. The molecule has 1 heterocycles. The number of benzene rings is 1. The van der Waals surface area contributed by atoms with E-state index in [1.54, 1.807) is 0 Å². The van der Waals surface area contributed by atoms with Gasteiger partial charge in [0.25, 0.3) is 0 Å². The van der Waals surface area contributed by atoms with Crippen molar-refractivity contribution in [3.63, 3.8) is 0 Å². The molecule has 2 rings (SSSR count). The smallest absolute Gasteiger partial charge is 0.341 e. The Morgan fingerprint density at radius 3 is 2.25 bits per heavy atom. The Balaban J connectivity index is 2.10. The van der Waals surface area contributed by atoms with Crippen molar-refractivity contribution in [2.75, 3.05) is 16.8 Å². The van der Waals surface area contributed by atoms with E-state index in [-0.39, 0.29) is 17.5 Å². The molecule has 1 aromatic carbocycles. The summed E-state index contributed by atoms with van der Waals surface area (Å²) in [4.78, 5) is -0.461. The number of nitrogens with one attached hydrogen (secondary N) is 1. The molecule has 0 spiro atoms. The molecule has 0 radical (unpaired) electrons. The van der Waals surface area contributed by atoms with Gasteiger partial charge in [-0.25, -0.2) is 16.8 Å². The van der Waals surface area contributed by atoms with Crippen molar-refractivity contribution in [3.05, 3.63) is 24.3 Å². The predicted octanol–water partition coefficient (Wildman–Crippen LogP) is 1.28. The molecule has 0 unspecified atom stereocenters. The minimum Gasteiger partial charge on any atom is -0.381 e. The zero-order chi connectivity index (χ0) is 15.0. The Bertz CT molecular complexity index is 684. The van der Waals surface area contributed by atoms with Gasteiger partial charge < -0.3 is 5.32 Å². The van der Waals surface area contributed by atoms with Crippen LogP contribution in [0.3, 0.4) is 0 Å². The molecule has 112 valence electrons. The zero-order valence-corrected chi connectivity index (χ0v) is 11.9. The number of hydrogen-bond donors (Lipinski definition) is 1. The van der Waals surface area contributed by atoms with Crippen LogP contribution in [0.5, 0.6) is 0 Å². The third kappa shape index (κ3) is 3.26. The molecule has 1 saturated heterocycles. The summed E-state index contributed by atoms with van der Waals surface area (Å²) >= 11 is 0. The summed E-state index contributed by atoms with van der Waals surface area (Å²) in [6, 6.07) is 4.61. The minimum atomic E-state index is -4.60. The van der Waals surface area contributed by atoms with Gasteiger partial charge in [-0.15, -0.1) is 0 Å². The summed E-state index contributed by atoms with van der Waals surface area (Å²) in [5.41, 5.74) is 0.500. The second kappa shape index (κ2) is 5.28. The van der Waals surface area contributed by atoms with Crippen LogP contribution in [-0.4, -0.2) is 40.1 Å². The Morgan fingerprint density at radius 2 is 1.80 bits per heavy atom. The van der Waals surface area contributed by atoms with E-state index >= 15 is 0 Å². The topological polar surface area (TPSA) is 80.3 Å². The van der Waals surface area contributed by atoms with Crippen molar-refractivity contribution in [2.24, 2.45) is 0 Å². The van der Waals surface area contributed by atoms with Gasteiger partial charge in [0.1, 0.15) is 0 Å². The van der Waals surface area contributed by atoms with E-state index in [2.05, 4.69) is 5.32 Å². The molecule has 1 fully saturated rings. The Labute approximate surface area is 115 Å². The molecule has 1 N–H and O–H groups in total. The number of sulfone groups is 2. The average molecular weight is 325 g/mol. The van der Waals surface area contributed by atoms with Gasteiger partial charge in [0, 0.05) is 11.7 Å². The number of alkyl halides is 2. The highest BCUT2D eigenvalue weighted by molar-refractivity contribution is 7.92. The van der Waals surface area contributed by atoms with Crippen molar-refractivity contribution >= 4 is 25.4 Å². The van der Waals surface area contributed by atoms with Gasteiger partial charge in [-0.05, 0) is 30.7 Å². The molecule has 0 saturated carbocycles. The first-order valence-corrected chi connectivity index (χ1v) is 9.16. The highest BCUT2D eigenvalue weighted by atomic mass is 32.2. The molecule has 0 aromatic heterocycles. The van der Waals surface area contributed by atoms with Crippen molar-refractivity contribution in [1.29, 1.82) is 0 Å². The molecule has 0 amide bonds. The van der Waals surface area contributed by atoms with Crippen molar-refractivity contribution in [2.45, 2.75) is 23.1 Å². The fourth-order valence-corrected chi connectivity index (χ4v) is 4.38. The molecule has 0 aliphatic carbocycles. The van der Waals surface area contributed by atoms with Gasteiger partial charge in [0.05, 0.1) is 16.4 Å². The highest BCUT2D eigenvalue weighted by Crippen LogP contribution is 2.22. The van der Waals surface area contributed by atoms with Gasteiger partial charge in [-0.2, -0.15) is 8.78 Å². The van der Waals surface area contributed by atoms with E-state index in [4.69, 9.17) is 0 Å². The fourth-order valence-electron chi connectivity index (χ4n) is 1.99. The summed E-state index contributed by atoms with van der Waals surface area (Å²) in [5, 5.41) is 2.94. The molecule has 0 bridgehead atoms. The van der Waals surface area contributed by atoms with Crippen LogP contribution in [-0.2, 0) is 19.7 Å². The maximum atomic E-state index is 12.3. The second-order valence-corrected chi connectivity index (χ2v) is 8.72. The maximum Gasteiger partial charge on any atom is 0.341 e. The highest BCUT2D eigenvalue weighted by Gasteiger charge is 2.28. The lowest BCUT2D eigenvalue weighted by Gasteiger charge is -2.12. The van der Waals surface area contributed by atoms with E-state index in [1.165, 1.54) is 12.1 Å². The second-order valence-electron chi connectivity index (χ2n) is 4.57. The van der Waals surface area contributed by atoms with Gasteiger partial charge >= 0.3 is 5.76 Å². The molecular weight excluding hydrogens is 312 g/mol. The lowest BCUT2D eigenvalue weighted by molar-refractivity contribution is 0.234. The summed E-state index contributed by atoms with van der Waals surface area (Å²) in [6.07, 6.45) is 0.472. The lowest BCUT2D eigenvalue weighted by atomic mass is 10.2. The first-order valence-electron chi connectivity index (χ1n) is 5.80. The molecule has 5 nitrogen and oxygen atoms in total. The van der Waals surface area contributed by atoms with E-state index in [1.807, 2.05) is 0 Å². The number of hydrogen-bond acceptors (Lipinski definition) is 5. The largest absolute Gasteiger partial charge is 0.381 e. The standard InChI is InChI=1S/C11H13F2NO4S2/c12-11(13)20(17,18)10-3-1-8(2-4-10)14-9-5-6-19(15,16)7-9/h1-4,9,11,14H,5-7H2/t9-/m1/s1. The zero-order valence-electron chi connectivity index (χ0n) is 10.3. The number of halogens is 2. The van der Waals surface area contributed by atoms with Crippen molar-refractivity contribution in [1.82, 2.24) is 0 Å². The van der Waals surface area contributed by atoms with Crippen LogP contribution in [0.25, 0.3) is 0 Å². The number of rotatable bonds is 4. The molecular formula is C11H13F2NO4S2. The monoisotopic (exact) mass is 325 g/mol. The van der Waals surface area contributed by atoms with Gasteiger partial charge in [0.2, 0.25) is 9.84 Å². The van der Waals surface area contributed by atoms with Crippen LogP contribution in [0.4, 0.5) is 14.5 Å². The van der Waals surface area contributed by atoms with Crippen LogP contribution in [0.1, 0.15) is 6.42 Å². The van der Waals surface area contributed by atoms with Crippen LogP contribution < -0.4 is 5.32 Å². The minimum absolute atomic E-state index is 0.0179. The van der Waals surface area contributed by atoms with E-state index in [9.17, 15) is 25.6 Å². The third-order valence-electron chi connectivity index (χ3n) is 3.02.